The molecule has 5 heteroatoms. The minimum absolute atomic E-state index is 0.00360. The molecule has 1 aliphatic carbocycles. The van der Waals surface area contributed by atoms with Crippen molar-refractivity contribution >= 4 is 23.2 Å². The number of hydrogen-bond acceptors (Lipinski definition) is 3. The lowest BCUT2D eigenvalue weighted by Gasteiger charge is -2.17. The van der Waals surface area contributed by atoms with Crippen molar-refractivity contribution in [2.24, 2.45) is 17.6 Å². The average Bonchev–Trinajstić information content (AvgIpc) is 2.96. The lowest BCUT2D eigenvalue weighted by atomic mass is 9.95. The van der Waals surface area contributed by atoms with Gasteiger partial charge in [-0.15, -0.1) is 0 Å². The summed E-state index contributed by atoms with van der Waals surface area (Å²) in [7, 11) is 0. The van der Waals surface area contributed by atoms with Crippen LogP contribution in [0.2, 0.25) is 0 Å². The van der Waals surface area contributed by atoms with E-state index in [2.05, 4.69) is 10.6 Å². The summed E-state index contributed by atoms with van der Waals surface area (Å²) < 4.78 is 0. The number of hydrogen-bond donors (Lipinski definition) is 3. The highest BCUT2D eigenvalue weighted by atomic mass is 16.2. The Morgan fingerprint density at radius 3 is 2.62 bits per heavy atom. The van der Waals surface area contributed by atoms with E-state index in [-0.39, 0.29) is 23.7 Å². The van der Waals surface area contributed by atoms with E-state index in [0.29, 0.717) is 24.3 Å². The third-order valence-electron chi connectivity index (χ3n) is 4.03. The molecule has 114 valence electrons. The van der Waals surface area contributed by atoms with E-state index in [9.17, 15) is 9.59 Å². The molecule has 0 bridgehead atoms. The highest BCUT2D eigenvalue weighted by molar-refractivity contribution is 5.95. The predicted octanol–water partition coefficient (Wildman–Crippen LogP) is 2.35. The largest absolute Gasteiger partial charge is 0.330 e. The first kappa shape index (κ1) is 15.5. The topological polar surface area (TPSA) is 84.2 Å². The summed E-state index contributed by atoms with van der Waals surface area (Å²) in [6.45, 7) is 2.36. The summed E-state index contributed by atoms with van der Waals surface area (Å²) in [5.74, 6) is 0.274. The summed E-state index contributed by atoms with van der Waals surface area (Å²) >= 11 is 0. The molecule has 2 amide bonds. The van der Waals surface area contributed by atoms with Gasteiger partial charge in [0.05, 0.1) is 0 Å². The van der Waals surface area contributed by atoms with Crippen LogP contribution in [0.4, 0.5) is 11.4 Å². The van der Waals surface area contributed by atoms with Gasteiger partial charge in [-0.05, 0) is 43.5 Å². The van der Waals surface area contributed by atoms with E-state index in [4.69, 9.17) is 5.73 Å². The maximum absolute atomic E-state index is 12.3. The Balaban J connectivity index is 2.00. The molecular weight excluding hydrogens is 266 g/mol. The molecule has 1 aromatic carbocycles. The van der Waals surface area contributed by atoms with E-state index in [0.717, 1.165) is 19.3 Å². The molecule has 2 atom stereocenters. The molecule has 2 unspecified atom stereocenters. The fourth-order valence-electron chi connectivity index (χ4n) is 2.82. The molecular formula is C16H23N3O2. The Kier molecular flexibility index (Phi) is 5.33. The molecule has 0 saturated heterocycles. The van der Waals surface area contributed by atoms with Crippen LogP contribution >= 0.6 is 0 Å². The molecule has 1 aliphatic rings. The van der Waals surface area contributed by atoms with Crippen molar-refractivity contribution in [2.75, 3.05) is 17.2 Å². The second-order valence-electron chi connectivity index (χ2n) is 5.50. The zero-order valence-electron chi connectivity index (χ0n) is 12.4. The van der Waals surface area contributed by atoms with Crippen molar-refractivity contribution in [1.29, 1.82) is 0 Å². The number of nitrogens with two attached hydrogens (primary N) is 1. The molecule has 0 aromatic heterocycles. The molecule has 0 radical (unpaired) electrons. The third kappa shape index (κ3) is 4.04. The van der Waals surface area contributed by atoms with Crippen molar-refractivity contribution in [3.8, 4) is 0 Å². The van der Waals surface area contributed by atoms with Gasteiger partial charge in [-0.1, -0.05) is 19.4 Å². The lowest BCUT2D eigenvalue weighted by molar-refractivity contribution is -0.120. The fourth-order valence-corrected chi connectivity index (χ4v) is 2.82. The third-order valence-corrected chi connectivity index (χ3v) is 4.03. The Bertz CT molecular complexity index is 516. The molecule has 2 rings (SSSR count). The van der Waals surface area contributed by atoms with Gasteiger partial charge in [0, 0.05) is 23.7 Å². The second-order valence-corrected chi connectivity index (χ2v) is 5.50. The quantitative estimate of drug-likeness (QED) is 0.778. The first-order chi connectivity index (χ1) is 10.1. The lowest BCUT2D eigenvalue weighted by Crippen LogP contribution is -2.29. The van der Waals surface area contributed by atoms with Crippen molar-refractivity contribution in [1.82, 2.24) is 0 Å². The number of anilines is 2. The molecule has 5 nitrogen and oxygen atoms in total. The van der Waals surface area contributed by atoms with Gasteiger partial charge in [-0.25, -0.2) is 0 Å². The molecule has 1 saturated carbocycles. The molecule has 0 spiro atoms. The normalized spacial score (nSPS) is 21.0. The van der Waals surface area contributed by atoms with Gasteiger partial charge >= 0.3 is 0 Å². The van der Waals surface area contributed by atoms with E-state index >= 15 is 0 Å². The van der Waals surface area contributed by atoms with Crippen molar-refractivity contribution in [3.05, 3.63) is 24.3 Å². The summed E-state index contributed by atoms with van der Waals surface area (Å²) in [4.78, 5) is 23.7. The second kappa shape index (κ2) is 7.22. The van der Waals surface area contributed by atoms with Crippen LogP contribution in [-0.2, 0) is 9.59 Å². The van der Waals surface area contributed by atoms with Crippen LogP contribution in [0, 0.1) is 11.8 Å². The van der Waals surface area contributed by atoms with Crippen LogP contribution in [0.15, 0.2) is 24.3 Å². The number of carbonyl (C=O) groups is 2. The Hall–Kier alpha value is -1.88. The van der Waals surface area contributed by atoms with Gasteiger partial charge in [0.2, 0.25) is 11.8 Å². The fraction of sp³-hybridized carbons (Fsp3) is 0.500. The van der Waals surface area contributed by atoms with Gasteiger partial charge in [0.25, 0.3) is 0 Å². The van der Waals surface area contributed by atoms with Crippen LogP contribution < -0.4 is 16.4 Å². The Labute approximate surface area is 125 Å². The number of nitrogens with one attached hydrogen (secondary N) is 2. The van der Waals surface area contributed by atoms with E-state index in [1.165, 1.54) is 0 Å². The van der Waals surface area contributed by atoms with Gasteiger partial charge in [-0.3, -0.25) is 9.59 Å². The first-order valence-corrected chi connectivity index (χ1v) is 7.55. The van der Waals surface area contributed by atoms with Crippen molar-refractivity contribution in [3.63, 3.8) is 0 Å². The average molecular weight is 289 g/mol. The highest BCUT2D eigenvalue weighted by Gasteiger charge is 2.31. The monoisotopic (exact) mass is 289 g/mol. The van der Waals surface area contributed by atoms with Crippen molar-refractivity contribution < 1.29 is 9.59 Å². The molecule has 4 N–H and O–H groups in total. The smallest absolute Gasteiger partial charge is 0.227 e. The van der Waals surface area contributed by atoms with E-state index in [1.54, 1.807) is 13.0 Å². The van der Waals surface area contributed by atoms with Crippen LogP contribution in [0.3, 0.4) is 0 Å². The Morgan fingerprint density at radius 1 is 1.24 bits per heavy atom. The Morgan fingerprint density at radius 2 is 1.95 bits per heavy atom. The van der Waals surface area contributed by atoms with Gasteiger partial charge in [-0.2, -0.15) is 0 Å². The van der Waals surface area contributed by atoms with Gasteiger partial charge in [0.1, 0.15) is 0 Å². The van der Waals surface area contributed by atoms with Crippen LogP contribution in [0.5, 0.6) is 0 Å². The van der Waals surface area contributed by atoms with Crippen LogP contribution in [0.1, 0.15) is 32.6 Å². The molecule has 1 aromatic rings. The summed E-state index contributed by atoms with van der Waals surface area (Å²) in [5.41, 5.74) is 7.12. The van der Waals surface area contributed by atoms with Crippen LogP contribution in [-0.4, -0.2) is 18.4 Å². The van der Waals surface area contributed by atoms with Crippen molar-refractivity contribution in [2.45, 2.75) is 32.6 Å². The first-order valence-electron chi connectivity index (χ1n) is 7.55. The standard InChI is InChI=1S/C16H23N3O2/c1-2-15(20)18-12-6-4-7-13(9-12)19-16(21)14-8-3-5-11(14)10-17/h4,6-7,9,11,14H,2-3,5,8,10,17H2,1H3,(H,18,20)(H,19,21). The zero-order chi connectivity index (χ0) is 15.2. The molecule has 0 heterocycles. The van der Waals surface area contributed by atoms with Gasteiger partial charge < -0.3 is 16.4 Å². The maximum Gasteiger partial charge on any atom is 0.227 e. The van der Waals surface area contributed by atoms with E-state index in [1.807, 2.05) is 18.2 Å². The SMILES string of the molecule is CCC(=O)Nc1cccc(NC(=O)C2CCCC2CN)c1. The minimum Gasteiger partial charge on any atom is -0.330 e. The highest BCUT2D eigenvalue weighted by Crippen LogP contribution is 2.32. The summed E-state index contributed by atoms with van der Waals surface area (Å²) in [6, 6.07) is 7.22. The number of rotatable bonds is 5. The molecule has 0 aliphatic heterocycles. The molecule has 1 fully saturated rings. The zero-order valence-corrected chi connectivity index (χ0v) is 12.4. The maximum atomic E-state index is 12.3. The van der Waals surface area contributed by atoms with E-state index < -0.39 is 0 Å². The summed E-state index contributed by atoms with van der Waals surface area (Å²) in [6.07, 6.45) is 3.42. The van der Waals surface area contributed by atoms with Crippen LogP contribution in [0.25, 0.3) is 0 Å². The predicted molar refractivity (Wildman–Crippen MR) is 83.9 cm³/mol. The summed E-state index contributed by atoms with van der Waals surface area (Å²) in [5, 5.41) is 5.72. The number of benzene rings is 1. The minimum atomic E-state index is -0.0440. The number of carbonyl (C=O) groups excluding carboxylic acids is 2. The number of amides is 2. The molecule has 21 heavy (non-hydrogen) atoms. The van der Waals surface area contributed by atoms with Gasteiger partial charge in [0.15, 0.2) is 0 Å².